The molecule has 0 bridgehead atoms. The second kappa shape index (κ2) is 5.69. The molecule has 0 heterocycles. The van der Waals surface area contributed by atoms with Crippen molar-refractivity contribution in [2.45, 2.75) is 19.4 Å². The minimum atomic E-state index is -0.582. The Balaban J connectivity index is 2.20. The molecule has 0 aliphatic rings. The number of aliphatic hydroxyl groups is 1. The Kier molecular flexibility index (Phi) is 4.00. The molecule has 0 amide bonds. The van der Waals surface area contributed by atoms with Crippen LogP contribution in [0, 0.1) is 0 Å². The largest absolute Gasteiger partial charge is 0.497 e. The summed E-state index contributed by atoms with van der Waals surface area (Å²) in [5.41, 5.74) is 3.07. The average molecular weight is 242 g/mol. The van der Waals surface area contributed by atoms with Gasteiger partial charge in [-0.15, -0.1) is 0 Å². The first-order valence-electron chi connectivity index (χ1n) is 6.15. The zero-order valence-electron chi connectivity index (χ0n) is 10.8. The summed E-state index contributed by atoms with van der Waals surface area (Å²) in [6.07, 6.45) is 0.431. The summed E-state index contributed by atoms with van der Waals surface area (Å²) in [5, 5.41) is 10.3. The van der Waals surface area contributed by atoms with E-state index in [1.807, 2.05) is 36.4 Å². The third kappa shape index (κ3) is 2.71. The van der Waals surface area contributed by atoms with Crippen molar-refractivity contribution in [3.63, 3.8) is 0 Å². The fraction of sp³-hybridized carbons (Fsp3) is 0.250. The summed E-state index contributed by atoms with van der Waals surface area (Å²) < 4.78 is 5.10. The Morgan fingerprint density at radius 1 is 0.944 bits per heavy atom. The molecule has 2 aromatic carbocycles. The topological polar surface area (TPSA) is 29.5 Å². The molecule has 18 heavy (non-hydrogen) atoms. The van der Waals surface area contributed by atoms with E-state index in [0.29, 0.717) is 0 Å². The number of hydrogen-bond donors (Lipinski definition) is 1. The van der Waals surface area contributed by atoms with E-state index in [4.69, 9.17) is 4.74 Å². The molecule has 0 aliphatic carbocycles. The molecule has 2 heteroatoms. The van der Waals surface area contributed by atoms with Crippen LogP contribution >= 0.6 is 0 Å². The van der Waals surface area contributed by atoms with Crippen molar-refractivity contribution >= 4 is 0 Å². The molecule has 0 fully saturated rings. The third-order valence-corrected chi connectivity index (χ3v) is 3.14. The lowest BCUT2D eigenvalue weighted by atomic mass is 10.00. The highest BCUT2D eigenvalue weighted by Gasteiger charge is 2.10. The Morgan fingerprint density at radius 2 is 1.44 bits per heavy atom. The van der Waals surface area contributed by atoms with Gasteiger partial charge >= 0.3 is 0 Å². The molecule has 2 aromatic rings. The van der Waals surface area contributed by atoms with E-state index in [9.17, 15) is 5.11 Å². The summed E-state index contributed by atoms with van der Waals surface area (Å²) in [5.74, 6) is 0.798. The van der Waals surface area contributed by atoms with Crippen LogP contribution in [0.25, 0.3) is 0 Å². The zero-order chi connectivity index (χ0) is 13.0. The summed E-state index contributed by atoms with van der Waals surface area (Å²) in [6, 6.07) is 15.6. The Bertz CT molecular complexity index is 438. The van der Waals surface area contributed by atoms with Crippen LogP contribution in [0.1, 0.15) is 29.7 Å². The predicted molar refractivity (Wildman–Crippen MR) is 72.9 cm³/mol. The van der Waals surface area contributed by atoms with Crippen molar-refractivity contribution in [3.05, 3.63) is 65.2 Å². The van der Waals surface area contributed by atoms with E-state index < -0.39 is 6.10 Å². The maximum absolute atomic E-state index is 10.3. The highest BCUT2D eigenvalue weighted by atomic mass is 16.5. The molecule has 1 N–H and O–H groups in total. The molecule has 0 saturated heterocycles. The molecule has 0 radical (unpaired) electrons. The minimum Gasteiger partial charge on any atom is -0.497 e. The van der Waals surface area contributed by atoms with Crippen LogP contribution in [0.2, 0.25) is 0 Å². The maximum atomic E-state index is 10.3. The molecule has 0 aromatic heterocycles. The van der Waals surface area contributed by atoms with Gasteiger partial charge in [0, 0.05) is 0 Å². The number of aliphatic hydroxyl groups excluding tert-OH is 1. The number of rotatable bonds is 4. The van der Waals surface area contributed by atoms with E-state index >= 15 is 0 Å². The highest BCUT2D eigenvalue weighted by Crippen LogP contribution is 2.24. The molecule has 94 valence electrons. The molecule has 0 spiro atoms. The van der Waals surface area contributed by atoms with Crippen LogP contribution in [0.4, 0.5) is 0 Å². The van der Waals surface area contributed by atoms with E-state index in [0.717, 1.165) is 23.3 Å². The van der Waals surface area contributed by atoms with Gasteiger partial charge in [0.1, 0.15) is 11.9 Å². The summed E-state index contributed by atoms with van der Waals surface area (Å²) in [7, 11) is 1.63. The van der Waals surface area contributed by atoms with Crippen LogP contribution in [0.3, 0.4) is 0 Å². The van der Waals surface area contributed by atoms with Gasteiger partial charge in [-0.05, 0) is 35.2 Å². The van der Waals surface area contributed by atoms with Crippen LogP contribution in [0.15, 0.2) is 48.5 Å². The predicted octanol–water partition coefficient (Wildman–Crippen LogP) is 3.34. The first kappa shape index (κ1) is 12.7. The molecular weight excluding hydrogens is 224 g/mol. The lowest BCUT2D eigenvalue weighted by molar-refractivity contribution is 0.220. The number of benzene rings is 2. The van der Waals surface area contributed by atoms with Crippen LogP contribution in [-0.4, -0.2) is 12.2 Å². The lowest BCUT2D eigenvalue weighted by Gasteiger charge is -2.12. The van der Waals surface area contributed by atoms with Gasteiger partial charge in [0.2, 0.25) is 0 Å². The highest BCUT2D eigenvalue weighted by molar-refractivity contribution is 5.35. The quantitative estimate of drug-likeness (QED) is 0.891. The smallest absolute Gasteiger partial charge is 0.118 e. The third-order valence-electron chi connectivity index (χ3n) is 3.14. The van der Waals surface area contributed by atoms with Gasteiger partial charge in [0.05, 0.1) is 7.11 Å². The molecule has 0 saturated carbocycles. The van der Waals surface area contributed by atoms with Crippen molar-refractivity contribution in [1.82, 2.24) is 0 Å². The fourth-order valence-electron chi connectivity index (χ4n) is 1.91. The van der Waals surface area contributed by atoms with Crippen molar-refractivity contribution in [2.75, 3.05) is 7.11 Å². The van der Waals surface area contributed by atoms with Gasteiger partial charge in [-0.25, -0.2) is 0 Å². The van der Waals surface area contributed by atoms with Crippen molar-refractivity contribution in [3.8, 4) is 5.75 Å². The number of ether oxygens (including phenoxy) is 1. The standard InChI is InChI=1S/C16H18O2/c1-3-12-4-6-13(7-5-12)16(17)14-8-10-15(18-2)11-9-14/h4-11,16-17H,3H2,1-2H3. The summed E-state index contributed by atoms with van der Waals surface area (Å²) >= 11 is 0. The van der Waals surface area contributed by atoms with Gasteiger partial charge in [-0.1, -0.05) is 43.3 Å². The normalized spacial score (nSPS) is 12.2. The Hall–Kier alpha value is -1.80. The van der Waals surface area contributed by atoms with Gasteiger partial charge in [-0.3, -0.25) is 0 Å². The second-order valence-corrected chi connectivity index (χ2v) is 4.27. The van der Waals surface area contributed by atoms with E-state index in [1.165, 1.54) is 5.56 Å². The van der Waals surface area contributed by atoms with E-state index in [1.54, 1.807) is 7.11 Å². The van der Waals surface area contributed by atoms with Gasteiger partial charge in [-0.2, -0.15) is 0 Å². The zero-order valence-corrected chi connectivity index (χ0v) is 10.8. The van der Waals surface area contributed by atoms with E-state index in [-0.39, 0.29) is 0 Å². The molecule has 1 atom stereocenters. The van der Waals surface area contributed by atoms with Crippen LogP contribution in [0.5, 0.6) is 5.75 Å². The molecule has 2 rings (SSSR count). The molecule has 2 nitrogen and oxygen atoms in total. The SMILES string of the molecule is CCc1ccc(C(O)c2ccc(OC)cc2)cc1. The number of hydrogen-bond acceptors (Lipinski definition) is 2. The van der Waals surface area contributed by atoms with Crippen molar-refractivity contribution in [2.24, 2.45) is 0 Å². The maximum Gasteiger partial charge on any atom is 0.118 e. The Labute approximate surface area is 108 Å². The van der Waals surface area contributed by atoms with Gasteiger partial charge in [0.25, 0.3) is 0 Å². The second-order valence-electron chi connectivity index (χ2n) is 4.27. The monoisotopic (exact) mass is 242 g/mol. The van der Waals surface area contributed by atoms with Crippen molar-refractivity contribution in [1.29, 1.82) is 0 Å². The van der Waals surface area contributed by atoms with Crippen LogP contribution < -0.4 is 4.74 Å². The first-order valence-corrected chi connectivity index (χ1v) is 6.15. The molecular formula is C16H18O2. The average Bonchev–Trinajstić information content (AvgIpc) is 2.47. The molecule has 0 aliphatic heterocycles. The fourth-order valence-corrected chi connectivity index (χ4v) is 1.91. The van der Waals surface area contributed by atoms with Crippen molar-refractivity contribution < 1.29 is 9.84 Å². The van der Waals surface area contributed by atoms with Gasteiger partial charge in [0.15, 0.2) is 0 Å². The first-order chi connectivity index (χ1) is 8.74. The molecule has 1 unspecified atom stereocenters. The van der Waals surface area contributed by atoms with E-state index in [2.05, 4.69) is 19.1 Å². The number of aryl methyl sites for hydroxylation is 1. The summed E-state index contributed by atoms with van der Waals surface area (Å²) in [6.45, 7) is 2.12. The van der Waals surface area contributed by atoms with Crippen LogP contribution in [-0.2, 0) is 6.42 Å². The Morgan fingerprint density at radius 3 is 1.89 bits per heavy atom. The lowest BCUT2D eigenvalue weighted by Crippen LogP contribution is -1.99. The minimum absolute atomic E-state index is 0.582. The van der Waals surface area contributed by atoms with Gasteiger partial charge < -0.3 is 9.84 Å². The number of methoxy groups -OCH3 is 1. The summed E-state index contributed by atoms with van der Waals surface area (Å²) in [4.78, 5) is 0.